The van der Waals surface area contributed by atoms with E-state index in [2.05, 4.69) is 15.3 Å². The fourth-order valence-electron chi connectivity index (χ4n) is 1.30. The van der Waals surface area contributed by atoms with Crippen LogP contribution in [0, 0.1) is 0 Å². The van der Waals surface area contributed by atoms with Crippen LogP contribution in [0.2, 0.25) is 0 Å². The van der Waals surface area contributed by atoms with E-state index >= 15 is 0 Å². The molecule has 0 radical (unpaired) electrons. The molecule has 5 nitrogen and oxygen atoms in total. The van der Waals surface area contributed by atoms with Crippen molar-refractivity contribution < 1.29 is 18.3 Å². The molecule has 0 unspecified atom stereocenters. The molecule has 0 fully saturated rings. The highest BCUT2D eigenvalue weighted by Gasteiger charge is 2.08. The van der Waals surface area contributed by atoms with Crippen LogP contribution in [0.15, 0.2) is 6.07 Å². The van der Waals surface area contributed by atoms with Crippen LogP contribution in [0.25, 0.3) is 0 Å². The average molecular weight is 275 g/mol. The van der Waals surface area contributed by atoms with Crippen LogP contribution >= 0.6 is 0 Å². The van der Waals surface area contributed by atoms with Crippen molar-refractivity contribution in [3.63, 3.8) is 0 Å². The zero-order valence-corrected chi connectivity index (χ0v) is 11.2. The number of rotatable bonds is 9. The second kappa shape index (κ2) is 8.58. The Morgan fingerprint density at radius 2 is 2.11 bits per heavy atom. The largest absolute Gasteiger partial charge is 0.471 e. The lowest BCUT2D eigenvalue weighted by atomic mass is 10.4. The van der Waals surface area contributed by atoms with Crippen LogP contribution in [0.4, 0.5) is 14.6 Å². The molecule has 0 atom stereocenters. The summed E-state index contributed by atoms with van der Waals surface area (Å²) in [6.45, 7) is 4.68. The summed E-state index contributed by atoms with van der Waals surface area (Å²) >= 11 is 0. The van der Waals surface area contributed by atoms with Gasteiger partial charge in [0.25, 0.3) is 6.43 Å². The van der Waals surface area contributed by atoms with Crippen molar-refractivity contribution in [2.45, 2.75) is 33.3 Å². The Balaban J connectivity index is 2.75. The summed E-state index contributed by atoms with van der Waals surface area (Å²) in [5.74, 6) is 1.09. The van der Waals surface area contributed by atoms with Gasteiger partial charge in [0.05, 0.1) is 0 Å². The van der Waals surface area contributed by atoms with Crippen LogP contribution in [-0.2, 0) is 11.3 Å². The van der Waals surface area contributed by atoms with Crippen LogP contribution < -0.4 is 10.1 Å². The minimum Gasteiger partial charge on any atom is -0.471 e. The average Bonchev–Trinajstić information content (AvgIpc) is 2.40. The molecule has 1 rings (SSSR count). The second-order valence-corrected chi connectivity index (χ2v) is 3.77. The first-order valence-corrected chi connectivity index (χ1v) is 6.26. The zero-order chi connectivity index (χ0) is 14.1. The third-order valence-electron chi connectivity index (χ3n) is 2.10. The van der Waals surface area contributed by atoms with Crippen LogP contribution in [-0.4, -0.2) is 36.2 Å². The van der Waals surface area contributed by atoms with Gasteiger partial charge in [-0.15, -0.1) is 0 Å². The van der Waals surface area contributed by atoms with Gasteiger partial charge in [-0.2, -0.15) is 4.98 Å². The molecule has 0 aliphatic heterocycles. The lowest BCUT2D eigenvalue weighted by molar-refractivity contribution is 0.0786. The highest BCUT2D eigenvalue weighted by Crippen LogP contribution is 2.15. The summed E-state index contributed by atoms with van der Waals surface area (Å²) in [6, 6.07) is 1.51. The molecule has 19 heavy (non-hydrogen) atoms. The van der Waals surface area contributed by atoms with Gasteiger partial charge in [-0.25, -0.2) is 13.8 Å². The third-order valence-corrected chi connectivity index (χ3v) is 2.10. The molecular formula is C12H19F2N3O2. The van der Waals surface area contributed by atoms with Crippen molar-refractivity contribution in [3.8, 4) is 5.88 Å². The molecule has 0 aromatic carbocycles. The Morgan fingerprint density at radius 1 is 1.32 bits per heavy atom. The Kier molecular flexibility index (Phi) is 7.02. The SMILES string of the molecule is CCCNc1cc(OCC(F)F)nc(COCC)n1. The molecule has 0 aliphatic carbocycles. The van der Waals surface area contributed by atoms with E-state index < -0.39 is 13.0 Å². The molecule has 7 heteroatoms. The molecule has 0 spiro atoms. The van der Waals surface area contributed by atoms with E-state index in [4.69, 9.17) is 9.47 Å². The smallest absolute Gasteiger partial charge is 0.272 e. The van der Waals surface area contributed by atoms with Gasteiger partial charge in [0.2, 0.25) is 5.88 Å². The first-order chi connectivity index (χ1) is 9.15. The van der Waals surface area contributed by atoms with Crippen molar-refractivity contribution in [3.05, 3.63) is 11.9 Å². The maximum atomic E-state index is 12.1. The van der Waals surface area contributed by atoms with Gasteiger partial charge >= 0.3 is 0 Å². The van der Waals surface area contributed by atoms with Gasteiger partial charge < -0.3 is 14.8 Å². The number of nitrogens with one attached hydrogen (secondary N) is 1. The predicted octanol–water partition coefficient (Wildman–Crippen LogP) is 2.48. The van der Waals surface area contributed by atoms with E-state index in [1.165, 1.54) is 6.07 Å². The topological polar surface area (TPSA) is 56.3 Å². The number of ether oxygens (including phenoxy) is 2. The van der Waals surface area contributed by atoms with E-state index in [-0.39, 0.29) is 12.5 Å². The Morgan fingerprint density at radius 3 is 2.74 bits per heavy atom. The van der Waals surface area contributed by atoms with Crippen LogP contribution in [0.5, 0.6) is 5.88 Å². The molecule has 1 heterocycles. The van der Waals surface area contributed by atoms with Crippen LogP contribution in [0.1, 0.15) is 26.1 Å². The third kappa shape index (κ3) is 6.28. The van der Waals surface area contributed by atoms with Crippen molar-refractivity contribution in [1.29, 1.82) is 0 Å². The molecule has 108 valence electrons. The number of halogens is 2. The van der Waals surface area contributed by atoms with Crippen molar-refractivity contribution in [2.24, 2.45) is 0 Å². The fraction of sp³-hybridized carbons (Fsp3) is 0.667. The monoisotopic (exact) mass is 275 g/mol. The highest BCUT2D eigenvalue weighted by atomic mass is 19.3. The van der Waals surface area contributed by atoms with Gasteiger partial charge in [0, 0.05) is 19.2 Å². The number of hydrogen-bond acceptors (Lipinski definition) is 5. The number of alkyl halides is 2. The van der Waals surface area contributed by atoms with Gasteiger partial charge in [0.1, 0.15) is 12.4 Å². The highest BCUT2D eigenvalue weighted by molar-refractivity contribution is 5.38. The summed E-state index contributed by atoms with van der Waals surface area (Å²) in [6.07, 6.45) is -1.60. The maximum Gasteiger partial charge on any atom is 0.272 e. The van der Waals surface area contributed by atoms with Gasteiger partial charge in [-0.1, -0.05) is 6.92 Å². The first kappa shape index (κ1) is 15.6. The molecule has 1 aromatic rings. The maximum absolute atomic E-state index is 12.1. The van der Waals surface area contributed by atoms with E-state index in [0.717, 1.165) is 13.0 Å². The minimum absolute atomic E-state index is 0.128. The quantitative estimate of drug-likeness (QED) is 0.750. The molecule has 0 saturated heterocycles. The number of nitrogens with zero attached hydrogens (tertiary/aromatic N) is 2. The van der Waals surface area contributed by atoms with Crippen molar-refractivity contribution >= 4 is 5.82 Å². The molecule has 0 saturated carbocycles. The standard InChI is InChI=1S/C12H19F2N3O2/c1-3-5-15-10-6-12(19-7-9(13)14)17-11(16-10)8-18-4-2/h6,9H,3-5,7-8H2,1-2H3,(H,15,16,17). The van der Waals surface area contributed by atoms with Crippen LogP contribution in [0.3, 0.4) is 0 Å². The van der Waals surface area contributed by atoms with Crippen molar-refractivity contribution in [2.75, 3.05) is 25.1 Å². The van der Waals surface area contributed by atoms with Gasteiger partial charge in [-0.3, -0.25) is 0 Å². The Bertz CT molecular complexity index is 352. The Hall–Kier alpha value is -1.50. The number of hydrogen-bond donors (Lipinski definition) is 1. The summed E-state index contributed by atoms with van der Waals surface area (Å²) in [5.41, 5.74) is 0. The summed E-state index contributed by atoms with van der Waals surface area (Å²) in [4.78, 5) is 8.24. The van der Waals surface area contributed by atoms with Crippen molar-refractivity contribution in [1.82, 2.24) is 9.97 Å². The number of anilines is 1. The first-order valence-electron chi connectivity index (χ1n) is 6.26. The van der Waals surface area contributed by atoms with E-state index in [1.807, 2.05) is 13.8 Å². The Labute approximate surface area is 111 Å². The van der Waals surface area contributed by atoms with E-state index in [0.29, 0.717) is 18.2 Å². The lowest BCUT2D eigenvalue weighted by Gasteiger charge is -2.10. The summed E-state index contributed by atoms with van der Waals surface area (Å²) < 4.78 is 34.4. The molecule has 0 aliphatic rings. The molecule has 0 bridgehead atoms. The normalized spacial score (nSPS) is 10.8. The summed E-state index contributed by atoms with van der Waals surface area (Å²) in [5, 5.41) is 3.07. The molecular weight excluding hydrogens is 256 g/mol. The van der Waals surface area contributed by atoms with Gasteiger partial charge in [-0.05, 0) is 13.3 Å². The van der Waals surface area contributed by atoms with Gasteiger partial charge in [0.15, 0.2) is 12.4 Å². The zero-order valence-electron chi connectivity index (χ0n) is 11.2. The summed E-state index contributed by atoms with van der Waals surface area (Å²) in [7, 11) is 0. The molecule has 0 amide bonds. The molecule has 1 aromatic heterocycles. The van der Waals surface area contributed by atoms with E-state index in [9.17, 15) is 8.78 Å². The van der Waals surface area contributed by atoms with E-state index in [1.54, 1.807) is 0 Å². The lowest BCUT2D eigenvalue weighted by Crippen LogP contribution is -2.11. The minimum atomic E-state index is -2.53. The number of aromatic nitrogens is 2. The molecule has 1 N–H and O–H groups in total. The fourth-order valence-corrected chi connectivity index (χ4v) is 1.30. The second-order valence-electron chi connectivity index (χ2n) is 3.77. The predicted molar refractivity (Wildman–Crippen MR) is 67.6 cm³/mol.